The fraction of sp³-hybridized carbons (Fsp3) is 1.00. The molecule has 0 aromatic heterocycles. The lowest BCUT2D eigenvalue weighted by atomic mass is 10.2. The van der Waals surface area contributed by atoms with Gasteiger partial charge in [0.25, 0.3) is 0 Å². The summed E-state index contributed by atoms with van der Waals surface area (Å²) < 4.78 is 33.2. The third-order valence-electron chi connectivity index (χ3n) is 2.64. The van der Waals surface area contributed by atoms with Crippen molar-refractivity contribution in [2.75, 3.05) is 0 Å². The molecule has 2 saturated carbocycles. The van der Waals surface area contributed by atoms with Crippen molar-refractivity contribution in [3.8, 4) is 0 Å². The van der Waals surface area contributed by atoms with E-state index in [2.05, 4.69) is 0 Å². The van der Waals surface area contributed by atoms with Crippen LogP contribution < -0.4 is 0 Å². The number of fused-ring (bicyclic) bond motifs is 1. The molecular formula is C6H9FO2S. The van der Waals surface area contributed by atoms with Gasteiger partial charge in [-0.2, -0.15) is 8.42 Å². The monoisotopic (exact) mass is 164 g/mol. The minimum Gasteiger partial charge on any atom is -0.195 e. The van der Waals surface area contributed by atoms with E-state index in [0.717, 1.165) is 12.8 Å². The van der Waals surface area contributed by atoms with Crippen molar-refractivity contribution < 1.29 is 12.3 Å². The highest BCUT2D eigenvalue weighted by atomic mass is 32.3. The maximum atomic E-state index is 12.3. The first-order chi connectivity index (χ1) is 4.59. The number of hydrogen-bond acceptors (Lipinski definition) is 2. The molecule has 0 aromatic carbocycles. The first-order valence-electron chi connectivity index (χ1n) is 3.52. The van der Waals surface area contributed by atoms with Crippen LogP contribution in [0.5, 0.6) is 0 Å². The Morgan fingerprint density at radius 3 is 2.20 bits per heavy atom. The molecule has 0 aliphatic heterocycles. The zero-order valence-corrected chi connectivity index (χ0v) is 6.27. The van der Waals surface area contributed by atoms with Gasteiger partial charge in [0.2, 0.25) is 0 Å². The Morgan fingerprint density at radius 2 is 2.00 bits per heavy atom. The maximum absolute atomic E-state index is 12.3. The Labute approximate surface area is 59.6 Å². The summed E-state index contributed by atoms with van der Waals surface area (Å²) in [7, 11) is -4.21. The van der Waals surface area contributed by atoms with Gasteiger partial charge in [-0.3, -0.25) is 0 Å². The number of hydrogen-bond donors (Lipinski definition) is 0. The average molecular weight is 164 g/mol. The standard InChI is InChI=1S/C6H9FO2S/c7-10(8,9)6-2-1-4-3-5(4)6/h4-6H,1-3H2/t4-,5+,6?/m1/s1. The van der Waals surface area contributed by atoms with Gasteiger partial charge in [-0.1, -0.05) is 0 Å². The molecule has 0 spiro atoms. The lowest BCUT2D eigenvalue weighted by Crippen LogP contribution is -2.15. The second-order valence-electron chi connectivity index (χ2n) is 3.25. The van der Waals surface area contributed by atoms with Crippen molar-refractivity contribution in [3.05, 3.63) is 0 Å². The Bertz CT molecular complexity index is 246. The zero-order chi connectivity index (χ0) is 7.35. The van der Waals surface area contributed by atoms with E-state index in [-0.39, 0.29) is 5.92 Å². The van der Waals surface area contributed by atoms with Crippen molar-refractivity contribution in [1.29, 1.82) is 0 Å². The normalized spacial score (nSPS) is 45.1. The van der Waals surface area contributed by atoms with Crippen molar-refractivity contribution in [2.45, 2.75) is 24.5 Å². The summed E-state index contributed by atoms with van der Waals surface area (Å²) in [5.41, 5.74) is 0. The molecule has 0 heterocycles. The van der Waals surface area contributed by atoms with E-state index < -0.39 is 15.5 Å². The van der Waals surface area contributed by atoms with Crippen LogP contribution in [0.4, 0.5) is 3.89 Å². The average Bonchev–Trinajstić information content (AvgIpc) is 2.40. The van der Waals surface area contributed by atoms with Crippen LogP contribution in [0.25, 0.3) is 0 Å². The second-order valence-corrected chi connectivity index (χ2v) is 4.81. The van der Waals surface area contributed by atoms with E-state index in [0.29, 0.717) is 12.3 Å². The number of rotatable bonds is 1. The van der Waals surface area contributed by atoms with E-state index >= 15 is 0 Å². The van der Waals surface area contributed by atoms with Gasteiger partial charge in [0.15, 0.2) is 0 Å². The molecule has 2 rings (SSSR count). The minimum absolute atomic E-state index is 0.176. The molecule has 2 nitrogen and oxygen atoms in total. The summed E-state index contributed by atoms with van der Waals surface area (Å²) in [6.45, 7) is 0. The first kappa shape index (κ1) is 6.58. The van der Waals surface area contributed by atoms with E-state index in [4.69, 9.17) is 0 Å². The molecule has 0 bridgehead atoms. The summed E-state index contributed by atoms with van der Waals surface area (Å²) in [5, 5.41) is -0.641. The molecule has 0 amide bonds. The molecule has 2 aliphatic rings. The van der Waals surface area contributed by atoms with E-state index in [1.807, 2.05) is 0 Å². The molecule has 0 radical (unpaired) electrons. The predicted octanol–water partition coefficient (Wildman–Crippen LogP) is 1.08. The summed E-state index contributed by atoms with van der Waals surface area (Å²) >= 11 is 0. The van der Waals surface area contributed by atoms with Gasteiger partial charge in [-0.05, 0) is 31.1 Å². The highest BCUT2D eigenvalue weighted by Crippen LogP contribution is 2.54. The molecule has 1 unspecified atom stereocenters. The SMILES string of the molecule is O=S(=O)(F)C1CC[C@@H]2C[C@H]12. The van der Waals surface area contributed by atoms with Gasteiger partial charge >= 0.3 is 10.2 Å². The topological polar surface area (TPSA) is 34.1 Å². The van der Waals surface area contributed by atoms with Gasteiger partial charge in [-0.25, -0.2) is 0 Å². The fourth-order valence-corrected chi connectivity index (χ4v) is 3.17. The van der Waals surface area contributed by atoms with Crippen molar-refractivity contribution in [1.82, 2.24) is 0 Å². The molecule has 2 aliphatic carbocycles. The van der Waals surface area contributed by atoms with Crippen molar-refractivity contribution in [3.63, 3.8) is 0 Å². The first-order valence-corrected chi connectivity index (χ1v) is 4.97. The van der Waals surface area contributed by atoms with Gasteiger partial charge < -0.3 is 0 Å². The van der Waals surface area contributed by atoms with Crippen LogP contribution in [0.1, 0.15) is 19.3 Å². The molecule has 0 aromatic rings. The Balaban J connectivity index is 2.20. The molecule has 0 N–H and O–H groups in total. The Morgan fingerprint density at radius 1 is 1.30 bits per heavy atom. The maximum Gasteiger partial charge on any atom is 0.305 e. The summed E-state index contributed by atoms with van der Waals surface area (Å²) in [5.74, 6) is 0.713. The molecule has 58 valence electrons. The molecule has 4 heteroatoms. The number of halogens is 1. The predicted molar refractivity (Wildman–Crippen MR) is 34.6 cm³/mol. The summed E-state index contributed by atoms with van der Waals surface area (Å²) in [6.07, 6.45) is 2.40. The van der Waals surface area contributed by atoms with E-state index in [1.54, 1.807) is 0 Å². The highest BCUT2D eigenvalue weighted by molar-refractivity contribution is 7.87. The van der Waals surface area contributed by atoms with Crippen LogP contribution in [0.2, 0.25) is 0 Å². The summed E-state index contributed by atoms with van der Waals surface area (Å²) in [4.78, 5) is 0. The lowest BCUT2D eigenvalue weighted by Gasteiger charge is -2.03. The van der Waals surface area contributed by atoms with Crippen LogP contribution in [0.3, 0.4) is 0 Å². The van der Waals surface area contributed by atoms with Gasteiger partial charge in [-0.15, -0.1) is 3.89 Å². The van der Waals surface area contributed by atoms with Crippen LogP contribution in [-0.2, 0) is 10.2 Å². The van der Waals surface area contributed by atoms with Crippen LogP contribution >= 0.6 is 0 Å². The molecule has 10 heavy (non-hydrogen) atoms. The zero-order valence-electron chi connectivity index (χ0n) is 5.46. The van der Waals surface area contributed by atoms with Crippen molar-refractivity contribution >= 4 is 10.2 Å². The third-order valence-corrected chi connectivity index (χ3v) is 3.95. The molecular weight excluding hydrogens is 155 g/mol. The van der Waals surface area contributed by atoms with Gasteiger partial charge in [0.05, 0.1) is 5.25 Å². The van der Waals surface area contributed by atoms with Crippen LogP contribution in [-0.4, -0.2) is 13.7 Å². The molecule has 3 atom stereocenters. The smallest absolute Gasteiger partial charge is 0.195 e. The minimum atomic E-state index is -4.21. The second kappa shape index (κ2) is 1.72. The van der Waals surface area contributed by atoms with E-state index in [1.165, 1.54) is 0 Å². The molecule has 2 fully saturated rings. The van der Waals surface area contributed by atoms with Gasteiger partial charge in [0.1, 0.15) is 0 Å². The fourth-order valence-electron chi connectivity index (χ4n) is 2.00. The van der Waals surface area contributed by atoms with Crippen molar-refractivity contribution in [2.24, 2.45) is 11.8 Å². The lowest BCUT2D eigenvalue weighted by molar-refractivity contribution is 0.524. The van der Waals surface area contributed by atoms with E-state index in [9.17, 15) is 12.3 Å². The Hall–Kier alpha value is -0.120. The summed E-state index contributed by atoms with van der Waals surface area (Å²) in [6, 6.07) is 0. The quantitative estimate of drug-likeness (QED) is 0.543. The van der Waals surface area contributed by atoms with Gasteiger partial charge in [0, 0.05) is 0 Å². The third kappa shape index (κ3) is 0.856. The highest BCUT2D eigenvalue weighted by Gasteiger charge is 2.53. The largest absolute Gasteiger partial charge is 0.305 e. The van der Waals surface area contributed by atoms with Crippen LogP contribution in [0, 0.1) is 11.8 Å². The Kier molecular flexibility index (Phi) is 1.14. The molecule has 0 saturated heterocycles. The van der Waals surface area contributed by atoms with Crippen LogP contribution in [0.15, 0.2) is 0 Å².